The standard InChI is InChI=1S/C68H50N2/c1-67(2)61-42-47(46-33-39-64-59(41-46)66-54-28-16-15-19-45(54)32-40-65(66)70(64)51-26-13-6-14-27-51)31-36-56(61)57-37-34-52(43-62(57)67)69(50-24-11-5-12-25-50)53-35-38-58-55-29-17-18-30-60(55)68(63(58)44-53,48-20-7-3-8-21-48)49-22-9-4-10-23-49/h3-44,59,64H,1-2H3. The normalized spacial score (nSPS) is 17.2. The second kappa shape index (κ2) is 15.5. The lowest BCUT2D eigenvalue weighted by Crippen LogP contribution is -2.28. The maximum absolute atomic E-state index is 2.55. The summed E-state index contributed by atoms with van der Waals surface area (Å²) in [6.07, 6.45) is 7.36. The van der Waals surface area contributed by atoms with Crippen LogP contribution in [0.3, 0.4) is 0 Å². The topological polar surface area (TPSA) is 6.48 Å². The number of rotatable bonds is 7. The number of fused-ring (bicyclic) bond motifs is 11. The fourth-order valence-electron chi connectivity index (χ4n) is 12.9. The number of para-hydroxylation sites is 2. The Labute approximate surface area is 410 Å². The predicted octanol–water partition coefficient (Wildman–Crippen LogP) is 17.2. The van der Waals surface area contributed by atoms with Crippen LogP contribution < -0.4 is 9.80 Å². The molecule has 0 N–H and O–H groups in total. The average Bonchev–Trinajstić information content (AvgIpc) is 4.00. The Kier molecular flexibility index (Phi) is 9.01. The van der Waals surface area contributed by atoms with E-state index in [4.69, 9.17) is 0 Å². The molecular weight excluding hydrogens is 845 g/mol. The lowest BCUT2D eigenvalue weighted by atomic mass is 9.67. The summed E-state index contributed by atoms with van der Waals surface area (Å²) in [6.45, 7) is 4.83. The summed E-state index contributed by atoms with van der Waals surface area (Å²) in [5.41, 5.74) is 22.2. The quantitative estimate of drug-likeness (QED) is 0.157. The highest BCUT2D eigenvalue weighted by molar-refractivity contribution is 5.97. The molecule has 0 amide bonds. The Bertz CT molecular complexity index is 3710. The highest BCUT2D eigenvalue weighted by Crippen LogP contribution is 2.58. The highest BCUT2D eigenvalue weighted by atomic mass is 15.2. The van der Waals surface area contributed by atoms with E-state index in [1.54, 1.807) is 0 Å². The van der Waals surface area contributed by atoms with E-state index >= 15 is 0 Å². The third-order valence-electron chi connectivity index (χ3n) is 16.0. The van der Waals surface area contributed by atoms with Crippen molar-refractivity contribution in [1.29, 1.82) is 0 Å². The van der Waals surface area contributed by atoms with Crippen LogP contribution in [0.25, 0.3) is 38.6 Å². The SMILES string of the molecule is CC1(C)c2cc(C3=CC4c5c(ccc6ccccc56)N(c5ccccc5)C4C=C3)ccc2-c2ccc(N(c3ccccc3)c3ccc4c(c3)C(c3ccccc3)(c3ccccc3)c3ccccc3-4)cc21. The third-order valence-corrected chi connectivity index (χ3v) is 16.0. The van der Waals surface area contributed by atoms with Crippen molar-refractivity contribution in [1.82, 2.24) is 0 Å². The summed E-state index contributed by atoms with van der Waals surface area (Å²) in [7, 11) is 0. The largest absolute Gasteiger partial charge is 0.333 e. The van der Waals surface area contributed by atoms with Gasteiger partial charge < -0.3 is 9.80 Å². The fraction of sp³-hybridized carbons (Fsp3) is 0.0882. The lowest BCUT2D eigenvalue weighted by molar-refractivity contribution is 0.660. The molecule has 1 heterocycles. The van der Waals surface area contributed by atoms with Gasteiger partial charge in [-0.05, 0) is 144 Å². The molecule has 2 nitrogen and oxygen atoms in total. The maximum Gasteiger partial charge on any atom is 0.0714 e. The van der Waals surface area contributed by atoms with Gasteiger partial charge >= 0.3 is 0 Å². The molecule has 4 aliphatic rings. The van der Waals surface area contributed by atoms with Gasteiger partial charge in [0.25, 0.3) is 0 Å². The molecule has 0 saturated heterocycles. The number of anilines is 5. The van der Waals surface area contributed by atoms with Crippen molar-refractivity contribution in [3.8, 4) is 22.3 Å². The molecule has 0 bridgehead atoms. The summed E-state index contributed by atoms with van der Waals surface area (Å²) in [4.78, 5) is 5.00. The number of hydrogen-bond donors (Lipinski definition) is 0. The smallest absolute Gasteiger partial charge is 0.0714 e. The van der Waals surface area contributed by atoms with Crippen LogP contribution in [0.4, 0.5) is 28.4 Å². The first-order valence-electron chi connectivity index (χ1n) is 24.7. The van der Waals surface area contributed by atoms with E-state index < -0.39 is 5.41 Å². The van der Waals surface area contributed by atoms with Gasteiger partial charge in [-0.3, -0.25) is 0 Å². The van der Waals surface area contributed by atoms with E-state index in [0.29, 0.717) is 0 Å². The minimum Gasteiger partial charge on any atom is -0.333 e. The second-order valence-electron chi connectivity index (χ2n) is 20.0. The molecule has 2 heteroatoms. The summed E-state index contributed by atoms with van der Waals surface area (Å²) in [5.74, 6) is 0.213. The molecule has 2 unspecified atom stereocenters. The Morgan fingerprint density at radius 2 is 1.00 bits per heavy atom. The fourth-order valence-corrected chi connectivity index (χ4v) is 12.9. The van der Waals surface area contributed by atoms with Crippen molar-refractivity contribution in [2.45, 2.75) is 36.6 Å². The summed E-state index contributed by atoms with van der Waals surface area (Å²) >= 11 is 0. The van der Waals surface area contributed by atoms with Crippen LogP contribution in [-0.4, -0.2) is 6.04 Å². The van der Waals surface area contributed by atoms with Gasteiger partial charge in [0.1, 0.15) is 0 Å². The van der Waals surface area contributed by atoms with E-state index in [-0.39, 0.29) is 17.4 Å². The molecule has 0 fully saturated rings. The Morgan fingerprint density at radius 3 is 1.71 bits per heavy atom. The number of allylic oxidation sites excluding steroid dienone is 2. The number of nitrogens with zero attached hydrogens (tertiary/aromatic N) is 2. The van der Waals surface area contributed by atoms with Gasteiger partial charge in [-0.1, -0.05) is 208 Å². The molecule has 0 aromatic heterocycles. The van der Waals surface area contributed by atoms with E-state index in [9.17, 15) is 0 Å². The Hall–Kier alpha value is -8.46. The second-order valence-corrected chi connectivity index (χ2v) is 20.0. The van der Waals surface area contributed by atoms with Crippen molar-refractivity contribution in [3.05, 3.63) is 299 Å². The van der Waals surface area contributed by atoms with Crippen molar-refractivity contribution in [2.75, 3.05) is 9.80 Å². The summed E-state index contributed by atoms with van der Waals surface area (Å²) in [6, 6.07) is 88.3. The first kappa shape index (κ1) is 40.6. The zero-order valence-corrected chi connectivity index (χ0v) is 39.3. The van der Waals surface area contributed by atoms with Gasteiger partial charge in [-0.15, -0.1) is 0 Å². The van der Waals surface area contributed by atoms with Crippen LogP contribution in [0.15, 0.2) is 255 Å². The minimum absolute atomic E-state index is 0.196. The van der Waals surface area contributed by atoms with Crippen LogP contribution >= 0.6 is 0 Å². The molecule has 0 saturated carbocycles. The first-order chi connectivity index (χ1) is 34.5. The predicted molar refractivity (Wildman–Crippen MR) is 292 cm³/mol. The molecule has 332 valence electrons. The number of hydrogen-bond acceptors (Lipinski definition) is 2. The Morgan fingerprint density at radius 1 is 0.443 bits per heavy atom. The summed E-state index contributed by atoms with van der Waals surface area (Å²) < 4.78 is 0. The van der Waals surface area contributed by atoms with Crippen LogP contribution in [0.1, 0.15) is 64.3 Å². The molecule has 0 spiro atoms. The molecule has 70 heavy (non-hydrogen) atoms. The van der Waals surface area contributed by atoms with E-state index in [1.807, 2.05) is 0 Å². The lowest BCUT2D eigenvalue weighted by Gasteiger charge is -2.35. The summed E-state index contributed by atoms with van der Waals surface area (Å²) in [5, 5.41) is 2.62. The average molecular weight is 895 g/mol. The van der Waals surface area contributed by atoms with Gasteiger partial charge in [0, 0.05) is 39.8 Å². The molecule has 3 aliphatic carbocycles. The van der Waals surface area contributed by atoms with E-state index in [1.165, 1.54) is 94.5 Å². The first-order valence-corrected chi connectivity index (χ1v) is 24.7. The molecule has 10 aromatic carbocycles. The maximum atomic E-state index is 2.55. The minimum atomic E-state index is -0.494. The van der Waals surface area contributed by atoms with Crippen LogP contribution in [-0.2, 0) is 10.8 Å². The van der Waals surface area contributed by atoms with Crippen LogP contribution in [0.2, 0.25) is 0 Å². The zero-order chi connectivity index (χ0) is 46.6. The zero-order valence-electron chi connectivity index (χ0n) is 39.3. The monoisotopic (exact) mass is 894 g/mol. The van der Waals surface area contributed by atoms with Gasteiger partial charge in [0.2, 0.25) is 0 Å². The van der Waals surface area contributed by atoms with Gasteiger partial charge in [-0.2, -0.15) is 0 Å². The molecule has 14 rings (SSSR count). The van der Waals surface area contributed by atoms with Crippen LogP contribution in [0, 0.1) is 0 Å². The molecule has 10 aromatic rings. The van der Waals surface area contributed by atoms with Gasteiger partial charge in [0.15, 0.2) is 0 Å². The van der Waals surface area contributed by atoms with Crippen LogP contribution in [0.5, 0.6) is 0 Å². The highest BCUT2D eigenvalue weighted by Gasteiger charge is 2.47. The molecular formula is C68H50N2. The Balaban J connectivity index is 0.871. The number of benzene rings is 10. The molecule has 0 radical (unpaired) electrons. The van der Waals surface area contributed by atoms with Gasteiger partial charge in [0.05, 0.1) is 11.5 Å². The van der Waals surface area contributed by atoms with E-state index in [0.717, 1.165) is 17.1 Å². The van der Waals surface area contributed by atoms with Crippen molar-refractivity contribution < 1.29 is 0 Å². The molecule has 2 atom stereocenters. The van der Waals surface area contributed by atoms with Crippen molar-refractivity contribution in [3.63, 3.8) is 0 Å². The van der Waals surface area contributed by atoms with E-state index in [2.05, 4.69) is 278 Å². The van der Waals surface area contributed by atoms with Gasteiger partial charge in [-0.25, -0.2) is 0 Å². The van der Waals surface area contributed by atoms with Crippen molar-refractivity contribution >= 4 is 44.8 Å². The van der Waals surface area contributed by atoms with Crippen molar-refractivity contribution in [2.24, 2.45) is 0 Å². The molecule has 1 aliphatic heterocycles. The third kappa shape index (κ3) is 5.86.